The van der Waals surface area contributed by atoms with Crippen LogP contribution in [0, 0.1) is 0 Å². The van der Waals surface area contributed by atoms with Crippen LogP contribution in [0.4, 0.5) is 0 Å². The standard InChI is InChI=1S/C10H20N2O.ClH/c1-11(2)9-6-10(13)12-7-4-3-5-8-12;/h3-9H2,1-2H3;1H. The lowest BCUT2D eigenvalue weighted by atomic mass is 10.1. The van der Waals surface area contributed by atoms with Crippen LogP contribution < -0.4 is 0 Å². The molecule has 1 saturated heterocycles. The number of halogens is 1. The van der Waals surface area contributed by atoms with Crippen molar-refractivity contribution in [2.75, 3.05) is 33.7 Å². The fourth-order valence-corrected chi connectivity index (χ4v) is 1.62. The van der Waals surface area contributed by atoms with E-state index in [9.17, 15) is 4.79 Å². The Morgan fingerprint density at radius 2 is 1.79 bits per heavy atom. The molecule has 1 heterocycles. The maximum absolute atomic E-state index is 11.6. The minimum Gasteiger partial charge on any atom is -0.343 e. The summed E-state index contributed by atoms with van der Waals surface area (Å²) in [5.74, 6) is 0.327. The van der Waals surface area contributed by atoms with E-state index in [2.05, 4.69) is 4.90 Å². The molecule has 0 unspecified atom stereocenters. The number of carbonyl (C=O) groups is 1. The average molecular weight is 221 g/mol. The van der Waals surface area contributed by atoms with Gasteiger partial charge in [-0.2, -0.15) is 0 Å². The Kier molecular flexibility index (Phi) is 6.93. The highest BCUT2D eigenvalue weighted by atomic mass is 35.5. The third kappa shape index (κ3) is 4.82. The molecule has 1 aliphatic rings. The van der Waals surface area contributed by atoms with E-state index in [1.165, 1.54) is 19.3 Å². The molecule has 0 bridgehead atoms. The number of rotatable bonds is 3. The molecular weight excluding hydrogens is 200 g/mol. The number of nitrogens with zero attached hydrogens (tertiary/aromatic N) is 2. The zero-order valence-corrected chi connectivity index (χ0v) is 9.98. The van der Waals surface area contributed by atoms with E-state index < -0.39 is 0 Å². The number of hydrogen-bond donors (Lipinski definition) is 0. The topological polar surface area (TPSA) is 23.6 Å². The van der Waals surface area contributed by atoms with Crippen LogP contribution in [0.15, 0.2) is 0 Å². The first-order chi connectivity index (χ1) is 6.20. The molecule has 0 radical (unpaired) electrons. The number of hydrogen-bond acceptors (Lipinski definition) is 2. The zero-order chi connectivity index (χ0) is 9.68. The van der Waals surface area contributed by atoms with E-state index in [0.717, 1.165) is 19.6 Å². The van der Waals surface area contributed by atoms with Crippen LogP contribution in [0.1, 0.15) is 25.7 Å². The van der Waals surface area contributed by atoms with E-state index in [-0.39, 0.29) is 12.4 Å². The lowest BCUT2D eigenvalue weighted by molar-refractivity contribution is -0.132. The van der Waals surface area contributed by atoms with Gasteiger partial charge in [-0.05, 0) is 33.4 Å². The Bertz CT molecular complexity index is 168. The largest absolute Gasteiger partial charge is 0.343 e. The minimum atomic E-state index is 0. The first-order valence-electron chi connectivity index (χ1n) is 5.12. The van der Waals surface area contributed by atoms with Gasteiger partial charge in [0.2, 0.25) is 5.91 Å². The Labute approximate surface area is 92.9 Å². The molecule has 0 aliphatic carbocycles. The fourth-order valence-electron chi connectivity index (χ4n) is 1.62. The fraction of sp³-hybridized carbons (Fsp3) is 0.900. The monoisotopic (exact) mass is 220 g/mol. The molecule has 0 N–H and O–H groups in total. The second-order valence-corrected chi connectivity index (χ2v) is 3.99. The highest BCUT2D eigenvalue weighted by Gasteiger charge is 2.15. The molecule has 1 rings (SSSR count). The van der Waals surface area contributed by atoms with Gasteiger partial charge < -0.3 is 9.80 Å². The number of likely N-dealkylation sites (tertiary alicyclic amines) is 1. The van der Waals surface area contributed by atoms with Gasteiger partial charge in [-0.1, -0.05) is 0 Å². The van der Waals surface area contributed by atoms with Crippen molar-refractivity contribution in [1.82, 2.24) is 9.80 Å². The van der Waals surface area contributed by atoms with Crippen molar-refractivity contribution in [2.24, 2.45) is 0 Å². The predicted molar refractivity (Wildman–Crippen MR) is 60.9 cm³/mol. The summed E-state index contributed by atoms with van der Waals surface area (Å²) in [5, 5.41) is 0. The summed E-state index contributed by atoms with van der Waals surface area (Å²) in [6.07, 6.45) is 4.34. The molecule has 3 nitrogen and oxygen atoms in total. The molecule has 0 atom stereocenters. The van der Waals surface area contributed by atoms with Gasteiger partial charge in [0.15, 0.2) is 0 Å². The molecule has 1 fully saturated rings. The van der Waals surface area contributed by atoms with Crippen molar-refractivity contribution in [2.45, 2.75) is 25.7 Å². The average Bonchev–Trinajstić information content (AvgIpc) is 2.15. The summed E-state index contributed by atoms with van der Waals surface area (Å²) < 4.78 is 0. The van der Waals surface area contributed by atoms with Gasteiger partial charge in [0.1, 0.15) is 0 Å². The van der Waals surface area contributed by atoms with E-state index in [4.69, 9.17) is 0 Å². The Balaban J connectivity index is 0.00000169. The SMILES string of the molecule is CN(C)CCC(=O)N1CCCCC1.Cl. The summed E-state index contributed by atoms with van der Waals surface area (Å²) in [7, 11) is 4.01. The van der Waals surface area contributed by atoms with Crippen LogP contribution in [0.25, 0.3) is 0 Å². The Morgan fingerprint density at radius 1 is 1.21 bits per heavy atom. The van der Waals surface area contributed by atoms with Gasteiger partial charge in [-0.15, -0.1) is 12.4 Å². The summed E-state index contributed by atoms with van der Waals surface area (Å²) in [5.41, 5.74) is 0. The van der Waals surface area contributed by atoms with Crippen molar-refractivity contribution < 1.29 is 4.79 Å². The van der Waals surface area contributed by atoms with Gasteiger partial charge in [0.05, 0.1) is 0 Å². The first-order valence-corrected chi connectivity index (χ1v) is 5.12. The first kappa shape index (κ1) is 13.7. The van der Waals surface area contributed by atoms with Crippen LogP contribution in [-0.2, 0) is 4.79 Å². The molecule has 0 aromatic rings. The highest BCUT2D eigenvalue weighted by Crippen LogP contribution is 2.09. The zero-order valence-electron chi connectivity index (χ0n) is 9.16. The molecule has 1 amide bonds. The molecule has 84 valence electrons. The number of amides is 1. The molecule has 14 heavy (non-hydrogen) atoms. The van der Waals surface area contributed by atoms with Crippen molar-refractivity contribution >= 4 is 18.3 Å². The summed E-state index contributed by atoms with van der Waals surface area (Å²) in [4.78, 5) is 15.7. The molecular formula is C10H21ClN2O. The quantitative estimate of drug-likeness (QED) is 0.718. The smallest absolute Gasteiger partial charge is 0.223 e. The molecule has 0 saturated carbocycles. The van der Waals surface area contributed by atoms with Crippen LogP contribution in [0.2, 0.25) is 0 Å². The van der Waals surface area contributed by atoms with Crippen LogP contribution >= 0.6 is 12.4 Å². The van der Waals surface area contributed by atoms with Crippen LogP contribution in [-0.4, -0.2) is 49.4 Å². The van der Waals surface area contributed by atoms with Crippen molar-refractivity contribution in [3.63, 3.8) is 0 Å². The molecule has 1 aliphatic heterocycles. The maximum Gasteiger partial charge on any atom is 0.223 e. The van der Waals surface area contributed by atoms with Crippen LogP contribution in [0.5, 0.6) is 0 Å². The summed E-state index contributed by atoms with van der Waals surface area (Å²) in [6.45, 7) is 2.83. The minimum absolute atomic E-state index is 0. The van der Waals surface area contributed by atoms with E-state index >= 15 is 0 Å². The lowest BCUT2D eigenvalue weighted by Gasteiger charge is -2.27. The van der Waals surface area contributed by atoms with Crippen molar-refractivity contribution in [1.29, 1.82) is 0 Å². The normalized spacial score (nSPS) is 16.6. The Hall–Kier alpha value is -0.280. The van der Waals surface area contributed by atoms with Crippen molar-refractivity contribution in [3.8, 4) is 0 Å². The van der Waals surface area contributed by atoms with Gasteiger partial charge in [-0.3, -0.25) is 4.79 Å². The second kappa shape index (κ2) is 7.07. The summed E-state index contributed by atoms with van der Waals surface area (Å²) >= 11 is 0. The van der Waals surface area contributed by atoms with Gasteiger partial charge >= 0.3 is 0 Å². The third-order valence-electron chi connectivity index (χ3n) is 2.48. The van der Waals surface area contributed by atoms with E-state index in [0.29, 0.717) is 12.3 Å². The number of carbonyl (C=O) groups excluding carboxylic acids is 1. The van der Waals surface area contributed by atoms with Crippen molar-refractivity contribution in [3.05, 3.63) is 0 Å². The van der Waals surface area contributed by atoms with E-state index in [1.807, 2.05) is 19.0 Å². The second-order valence-electron chi connectivity index (χ2n) is 3.99. The van der Waals surface area contributed by atoms with Gasteiger partial charge in [-0.25, -0.2) is 0 Å². The molecule has 0 aromatic carbocycles. The highest BCUT2D eigenvalue weighted by molar-refractivity contribution is 5.85. The molecule has 0 spiro atoms. The molecule has 0 aromatic heterocycles. The van der Waals surface area contributed by atoms with Crippen LogP contribution in [0.3, 0.4) is 0 Å². The Morgan fingerprint density at radius 3 is 2.29 bits per heavy atom. The number of piperidine rings is 1. The molecule has 4 heteroatoms. The lowest BCUT2D eigenvalue weighted by Crippen LogP contribution is -2.36. The van der Waals surface area contributed by atoms with Gasteiger partial charge in [0, 0.05) is 26.1 Å². The van der Waals surface area contributed by atoms with E-state index in [1.54, 1.807) is 0 Å². The predicted octanol–water partition coefficient (Wildman–Crippen LogP) is 1.37. The third-order valence-corrected chi connectivity index (χ3v) is 2.48. The van der Waals surface area contributed by atoms with Gasteiger partial charge in [0.25, 0.3) is 0 Å². The maximum atomic E-state index is 11.6. The summed E-state index contributed by atoms with van der Waals surface area (Å²) in [6, 6.07) is 0.